The van der Waals surface area contributed by atoms with E-state index >= 15 is 0 Å². The van der Waals surface area contributed by atoms with Gasteiger partial charge in [-0.05, 0) is 38.1 Å². The number of furan rings is 1. The van der Waals surface area contributed by atoms with E-state index in [9.17, 15) is 8.42 Å². The SMILES string of the molecule is Cc1cc(S(=O)(=O)Nc2ccc3[nH]ccc3c2)c(C)o1. The molecule has 0 atom stereocenters. The smallest absolute Gasteiger partial charge is 0.265 e. The van der Waals surface area contributed by atoms with Crippen molar-refractivity contribution in [3.05, 3.63) is 48.0 Å². The number of nitrogens with one attached hydrogen (secondary N) is 2. The Balaban J connectivity index is 1.98. The summed E-state index contributed by atoms with van der Waals surface area (Å²) in [6.07, 6.45) is 1.81. The van der Waals surface area contributed by atoms with E-state index in [1.165, 1.54) is 6.07 Å². The van der Waals surface area contributed by atoms with Crippen LogP contribution in [0.4, 0.5) is 5.69 Å². The number of hydrogen-bond acceptors (Lipinski definition) is 3. The lowest BCUT2D eigenvalue weighted by atomic mass is 10.2. The van der Waals surface area contributed by atoms with E-state index in [0.29, 0.717) is 17.2 Å². The van der Waals surface area contributed by atoms with Crippen molar-refractivity contribution in [1.29, 1.82) is 0 Å². The standard InChI is InChI=1S/C14H14N2O3S/c1-9-7-14(10(2)19-9)20(17,18)16-12-3-4-13-11(8-12)5-6-15-13/h3-8,15-16H,1-2H3. The van der Waals surface area contributed by atoms with Gasteiger partial charge in [-0.25, -0.2) is 8.42 Å². The van der Waals surface area contributed by atoms with Gasteiger partial charge in [0.05, 0.1) is 0 Å². The topological polar surface area (TPSA) is 75.1 Å². The summed E-state index contributed by atoms with van der Waals surface area (Å²) in [7, 11) is -3.63. The fourth-order valence-corrected chi connectivity index (χ4v) is 3.49. The number of rotatable bonds is 3. The van der Waals surface area contributed by atoms with Gasteiger partial charge in [0.25, 0.3) is 10.0 Å². The van der Waals surface area contributed by atoms with Crippen LogP contribution in [-0.4, -0.2) is 13.4 Å². The Kier molecular flexibility index (Phi) is 2.83. The Morgan fingerprint density at radius 2 is 1.95 bits per heavy atom. The lowest BCUT2D eigenvalue weighted by Gasteiger charge is -2.07. The number of aromatic nitrogens is 1. The lowest BCUT2D eigenvalue weighted by Crippen LogP contribution is -2.13. The summed E-state index contributed by atoms with van der Waals surface area (Å²) in [6.45, 7) is 3.36. The second-order valence-electron chi connectivity index (χ2n) is 4.66. The monoisotopic (exact) mass is 290 g/mol. The third-order valence-corrected chi connectivity index (χ3v) is 4.58. The summed E-state index contributed by atoms with van der Waals surface area (Å²) in [4.78, 5) is 3.23. The van der Waals surface area contributed by atoms with Gasteiger partial charge in [-0.15, -0.1) is 0 Å². The molecule has 0 spiro atoms. The molecular weight excluding hydrogens is 276 g/mol. The van der Waals surface area contributed by atoms with Crippen LogP contribution in [-0.2, 0) is 10.0 Å². The second kappa shape index (κ2) is 4.42. The molecule has 2 N–H and O–H groups in total. The zero-order valence-corrected chi connectivity index (χ0v) is 11.9. The van der Waals surface area contributed by atoms with Crippen LogP contribution in [0.15, 0.2) is 45.8 Å². The highest BCUT2D eigenvalue weighted by Gasteiger charge is 2.20. The van der Waals surface area contributed by atoms with Gasteiger partial charge in [0, 0.05) is 28.9 Å². The van der Waals surface area contributed by atoms with Crippen LogP contribution in [0.25, 0.3) is 10.9 Å². The molecule has 0 radical (unpaired) electrons. The summed E-state index contributed by atoms with van der Waals surface area (Å²) >= 11 is 0. The van der Waals surface area contributed by atoms with E-state index in [-0.39, 0.29) is 4.90 Å². The van der Waals surface area contributed by atoms with Gasteiger partial charge in [-0.1, -0.05) is 0 Å². The van der Waals surface area contributed by atoms with Gasteiger partial charge in [0.15, 0.2) is 0 Å². The van der Waals surface area contributed by atoms with E-state index < -0.39 is 10.0 Å². The van der Waals surface area contributed by atoms with Crippen molar-refractivity contribution in [3.63, 3.8) is 0 Å². The number of anilines is 1. The molecule has 0 aliphatic rings. The molecule has 104 valence electrons. The van der Waals surface area contributed by atoms with Crippen LogP contribution in [0.2, 0.25) is 0 Å². The summed E-state index contributed by atoms with van der Waals surface area (Å²) < 4.78 is 32.5. The van der Waals surface area contributed by atoms with E-state index in [1.807, 2.05) is 18.3 Å². The number of hydrogen-bond donors (Lipinski definition) is 2. The molecule has 0 unspecified atom stereocenters. The number of H-pyrrole nitrogens is 1. The molecule has 3 rings (SSSR count). The van der Waals surface area contributed by atoms with Gasteiger partial charge in [0.1, 0.15) is 16.4 Å². The Morgan fingerprint density at radius 3 is 2.65 bits per heavy atom. The molecule has 6 heteroatoms. The molecule has 2 aromatic heterocycles. The number of fused-ring (bicyclic) bond motifs is 1. The highest BCUT2D eigenvalue weighted by atomic mass is 32.2. The first-order valence-corrected chi connectivity index (χ1v) is 7.61. The molecule has 0 aliphatic carbocycles. The van der Waals surface area contributed by atoms with Crippen LogP contribution >= 0.6 is 0 Å². The van der Waals surface area contributed by atoms with Gasteiger partial charge in [-0.3, -0.25) is 4.72 Å². The Morgan fingerprint density at radius 1 is 1.15 bits per heavy atom. The molecule has 0 saturated carbocycles. The molecular formula is C14H14N2O3S. The van der Waals surface area contributed by atoms with Crippen LogP contribution in [0.5, 0.6) is 0 Å². The molecule has 20 heavy (non-hydrogen) atoms. The van der Waals surface area contributed by atoms with Gasteiger partial charge in [-0.2, -0.15) is 0 Å². The predicted molar refractivity (Wildman–Crippen MR) is 77.3 cm³/mol. The van der Waals surface area contributed by atoms with Crippen LogP contribution in [0.1, 0.15) is 11.5 Å². The van der Waals surface area contributed by atoms with Crippen molar-refractivity contribution < 1.29 is 12.8 Å². The fourth-order valence-electron chi connectivity index (χ4n) is 2.20. The zero-order valence-electron chi connectivity index (χ0n) is 11.1. The van der Waals surface area contributed by atoms with Gasteiger partial charge in [0.2, 0.25) is 0 Å². The number of benzene rings is 1. The number of aryl methyl sites for hydroxylation is 2. The predicted octanol–water partition coefficient (Wildman–Crippen LogP) is 3.18. The molecule has 5 nitrogen and oxygen atoms in total. The van der Waals surface area contributed by atoms with E-state index in [0.717, 1.165) is 10.9 Å². The van der Waals surface area contributed by atoms with Gasteiger partial charge >= 0.3 is 0 Å². The van der Waals surface area contributed by atoms with Crippen molar-refractivity contribution >= 4 is 26.6 Å². The summed E-state index contributed by atoms with van der Waals surface area (Å²) in [5, 5.41) is 0.949. The van der Waals surface area contributed by atoms with Crippen LogP contribution in [0.3, 0.4) is 0 Å². The van der Waals surface area contributed by atoms with Crippen molar-refractivity contribution in [1.82, 2.24) is 4.98 Å². The summed E-state index contributed by atoms with van der Waals surface area (Å²) in [6, 6.07) is 8.75. The fraction of sp³-hybridized carbons (Fsp3) is 0.143. The molecule has 0 fully saturated rings. The largest absolute Gasteiger partial charge is 0.465 e. The third-order valence-electron chi connectivity index (χ3n) is 3.09. The average Bonchev–Trinajstić information content (AvgIpc) is 2.94. The molecule has 0 bridgehead atoms. The third kappa shape index (κ3) is 2.18. The maximum atomic E-state index is 12.3. The first-order chi connectivity index (χ1) is 9.45. The Labute approximate surface area is 116 Å². The minimum Gasteiger partial charge on any atom is -0.465 e. The minimum absolute atomic E-state index is 0.171. The van der Waals surface area contributed by atoms with Crippen LogP contribution < -0.4 is 4.72 Å². The summed E-state index contributed by atoms with van der Waals surface area (Å²) in [5.41, 5.74) is 1.48. The first-order valence-electron chi connectivity index (χ1n) is 6.13. The highest BCUT2D eigenvalue weighted by molar-refractivity contribution is 7.92. The average molecular weight is 290 g/mol. The molecule has 3 aromatic rings. The van der Waals surface area contributed by atoms with E-state index in [4.69, 9.17) is 4.42 Å². The normalized spacial score (nSPS) is 11.9. The summed E-state index contributed by atoms with van der Waals surface area (Å²) in [5.74, 6) is 0.960. The highest BCUT2D eigenvalue weighted by Crippen LogP contribution is 2.24. The zero-order chi connectivity index (χ0) is 14.3. The minimum atomic E-state index is -3.63. The Bertz CT molecular complexity index is 875. The van der Waals surface area contributed by atoms with Crippen molar-refractivity contribution in [2.45, 2.75) is 18.7 Å². The molecule has 0 saturated heterocycles. The number of aromatic amines is 1. The van der Waals surface area contributed by atoms with Crippen LogP contribution in [0, 0.1) is 13.8 Å². The van der Waals surface area contributed by atoms with Crippen molar-refractivity contribution in [2.75, 3.05) is 4.72 Å². The number of sulfonamides is 1. The molecule has 2 heterocycles. The molecule has 0 aliphatic heterocycles. The molecule has 0 amide bonds. The quantitative estimate of drug-likeness (QED) is 0.778. The van der Waals surface area contributed by atoms with E-state index in [2.05, 4.69) is 9.71 Å². The molecule has 1 aromatic carbocycles. The first kappa shape index (κ1) is 12.8. The Hall–Kier alpha value is -2.21. The maximum Gasteiger partial charge on any atom is 0.265 e. The van der Waals surface area contributed by atoms with Crippen molar-refractivity contribution in [3.8, 4) is 0 Å². The lowest BCUT2D eigenvalue weighted by molar-refractivity contribution is 0.496. The second-order valence-corrected chi connectivity index (χ2v) is 6.31. The van der Waals surface area contributed by atoms with E-state index in [1.54, 1.807) is 26.0 Å². The van der Waals surface area contributed by atoms with Crippen molar-refractivity contribution in [2.24, 2.45) is 0 Å². The van der Waals surface area contributed by atoms with Gasteiger partial charge < -0.3 is 9.40 Å². The maximum absolute atomic E-state index is 12.3.